The highest BCUT2D eigenvalue weighted by atomic mass is 35.5. The highest BCUT2D eigenvalue weighted by Gasteiger charge is 2.37. The summed E-state index contributed by atoms with van der Waals surface area (Å²) in [5.74, 6) is 0.766. The molecule has 3 nitrogen and oxygen atoms in total. The van der Waals surface area contributed by atoms with Gasteiger partial charge >= 0.3 is 17.1 Å². The van der Waals surface area contributed by atoms with E-state index < -0.39 is 17.1 Å². The Bertz CT molecular complexity index is 510. The Morgan fingerprint density at radius 1 is 0.846 bits per heavy atom. The number of hydrogen-bond donors (Lipinski definition) is 0. The van der Waals surface area contributed by atoms with E-state index in [4.69, 9.17) is 24.6 Å². The lowest BCUT2D eigenvalue weighted by molar-refractivity contribution is 0.225. The van der Waals surface area contributed by atoms with Crippen LogP contribution in [0.15, 0.2) is 24.3 Å². The summed E-state index contributed by atoms with van der Waals surface area (Å²) in [6.07, 6.45) is 10.5. The molecule has 0 saturated carbocycles. The molecule has 6 heteroatoms. The molecule has 0 N–H and O–H groups in total. The van der Waals surface area contributed by atoms with Gasteiger partial charge in [0.2, 0.25) is 0 Å². The Balaban J connectivity index is 2.25. The van der Waals surface area contributed by atoms with Gasteiger partial charge in [-0.15, -0.1) is 0 Å². The van der Waals surface area contributed by atoms with Crippen LogP contribution in [0, 0.1) is 0 Å². The largest absolute Gasteiger partial charge is 0.521 e. The van der Waals surface area contributed by atoms with Gasteiger partial charge in [0, 0.05) is 11.6 Å². The third-order valence-corrected chi connectivity index (χ3v) is 9.89. The van der Waals surface area contributed by atoms with Crippen molar-refractivity contribution in [2.45, 2.75) is 84.5 Å². The SMILES string of the molecule is CCCCCCCCCCO[Si](C)(C)O[Si](C)(C)Oc1cccc(Cl)c1. The third-order valence-electron chi connectivity index (χ3n) is 4.10. The van der Waals surface area contributed by atoms with Crippen molar-refractivity contribution in [1.29, 1.82) is 0 Å². The zero-order chi connectivity index (χ0) is 19.5. The summed E-state index contributed by atoms with van der Waals surface area (Å²) in [7, 11) is -4.51. The van der Waals surface area contributed by atoms with Crippen LogP contribution in [0.25, 0.3) is 0 Å². The van der Waals surface area contributed by atoms with Gasteiger partial charge in [0.15, 0.2) is 0 Å². The summed E-state index contributed by atoms with van der Waals surface area (Å²) in [5, 5.41) is 0.676. The van der Waals surface area contributed by atoms with E-state index in [9.17, 15) is 0 Å². The molecule has 150 valence electrons. The van der Waals surface area contributed by atoms with Gasteiger partial charge < -0.3 is 13.0 Å². The number of halogens is 1. The Labute approximate surface area is 167 Å². The van der Waals surface area contributed by atoms with Crippen LogP contribution in [0.4, 0.5) is 0 Å². The van der Waals surface area contributed by atoms with Crippen molar-refractivity contribution in [3.8, 4) is 5.75 Å². The molecular formula is C20H37ClO3Si2. The van der Waals surface area contributed by atoms with E-state index >= 15 is 0 Å². The number of benzene rings is 1. The summed E-state index contributed by atoms with van der Waals surface area (Å²) in [6.45, 7) is 11.4. The molecule has 0 aliphatic carbocycles. The Morgan fingerprint density at radius 3 is 2.08 bits per heavy atom. The van der Waals surface area contributed by atoms with Crippen LogP contribution >= 0.6 is 11.6 Å². The molecule has 0 spiro atoms. The third kappa shape index (κ3) is 11.4. The van der Waals surface area contributed by atoms with E-state index in [1.165, 1.54) is 44.9 Å². The summed E-state index contributed by atoms with van der Waals surface area (Å²) in [4.78, 5) is 0. The van der Waals surface area contributed by atoms with Gasteiger partial charge in [0.1, 0.15) is 5.75 Å². The number of rotatable bonds is 14. The van der Waals surface area contributed by atoms with Crippen LogP contribution in [0.1, 0.15) is 58.3 Å². The monoisotopic (exact) mass is 416 g/mol. The molecule has 1 aromatic rings. The second-order valence-corrected chi connectivity index (χ2v) is 15.1. The average Bonchev–Trinajstić information content (AvgIpc) is 2.51. The molecule has 0 heterocycles. The van der Waals surface area contributed by atoms with Gasteiger partial charge in [0.05, 0.1) is 0 Å². The topological polar surface area (TPSA) is 27.7 Å². The molecule has 0 aromatic heterocycles. The van der Waals surface area contributed by atoms with Crippen LogP contribution in [0.5, 0.6) is 5.75 Å². The molecular weight excluding hydrogens is 380 g/mol. The molecule has 0 aliphatic rings. The lowest BCUT2D eigenvalue weighted by Crippen LogP contribution is -2.50. The summed E-state index contributed by atoms with van der Waals surface area (Å²) < 4.78 is 18.5. The summed E-state index contributed by atoms with van der Waals surface area (Å²) in [5.41, 5.74) is 0. The second-order valence-electron chi connectivity index (χ2n) is 7.78. The van der Waals surface area contributed by atoms with E-state index in [1.807, 2.05) is 24.3 Å². The van der Waals surface area contributed by atoms with Gasteiger partial charge in [-0.25, -0.2) is 0 Å². The van der Waals surface area contributed by atoms with Crippen molar-refractivity contribution in [1.82, 2.24) is 0 Å². The number of hydrogen-bond acceptors (Lipinski definition) is 3. The van der Waals surface area contributed by atoms with Gasteiger partial charge in [-0.2, -0.15) is 0 Å². The maximum absolute atomic E-state index is 6.33. The first-order chi connectivity index (χ1) is 12.2. The summed E-state index contributed by atoms with van der Waals surface area (Å²) >= 11 is 6.03. The van der Waals surface area contributed by atoms with E-state index in [2.05, 4.69) is 33.1 Å². The van der Waals surface area contributed by atoms with Crippen molar-refractivity contribution >= 4 is 28.7 Å². The first-order valence-electron chi connectivity index (χ1n) is 10.0. The fourth-order valence-electron chi connectivity index (χ4n) is 3.01. The van der Waals surface area contributed by atoms with Crippen molar-refractivity contribution in [3.63, 3.8) is 0 Å². The fraction of sp³-hybridized carbons (Fsp3) is 0.700. The molecule has 0 bridgehead atoms. The molecule has 0 unspecified atom stereocenters. The molecule has 0 atom stereocenters. The van der Waals surface area contributed by atoms with Gasteiger partial charge in [0.25, 0.3) is 0 Å². The van der Waals surface area contributed by atoms with E-state index in [1.54, 1.807) is 0 Å². The minimum Gasteiger partial charge on any atom is -0.521 e. The van der Waals surface area contributed by atoms with Gasteiger partial charge in [-0.3, -0.25) is 0 Å². The zero-order valence-electron chi connectivity index (χ0n) is 17.3. The minimum atomic E-state index is -2.32. The highest BCUT2D eigenvalue weighted by Crippen LogP contribution is 2.23. The second kappa shape index (κ2) is 12.2. The van der Waals surface area contributed by atoms with Gasteiger partial charge in [-0.05, 0) is 50.8 Å². The standard InChI is InChI=1S/C20H37ClO3Si2/c1-6-7-8-9-10-11-12-13-17-22-25(2,3)24-26(4,5)23-20-16-14-15-19(21)18-20/h14-16,18H,6-13,17H2,1-5H3. The number of unbranched alkanes of at least 4 members (excludes halogenated alkanes) is 7. The van der Waals surface area contributed by atoms with Crippen molar-refractivity contribution in [2.75, 3.05) is 6.61 Å². The van der Waals surface area contributed by atoms with E-state index in [0.29, 0.717) is 5.02 Å². The Kier molecular flexibility index (Phi) is 11.1. The van der Waals surface area contributed by atoms with Gasteiger partial charge in [-0.1, -0.05) is 69.5 Å². The molecule has 26 heavy (non-hydrogen) atoms. The lowest BCUT2D eigenvalue weighted by atomic mass is 10.1. The van der Waals surface area contributed by atoms with E-state index in [-0.39, 0.29) is 0 Å². The smallest absolute Gasteiger partial charge is 0.383 e. The van der Waals surface area contributed by atoms with Crippen LogP contribution in [0.2, 0.25) is 31.2 Å². The summed E-state index contributed by atoms with van der Waals surface area (Å²) in [6, 6.07) is 7.48. The van der Waals surface area contributed by atoms with E-state index in [0.717, 1.165) is 18.8 Å². The molecule has 0 aliphatic heterocycles. The Morgan fingerprint density at radius 2 is 1.46 bits per heavy atom. The maximum atomic E-state index is 6.33. The molecule has 1 rings (SSSR count). The zero-order valence-corrected chi connectivity index (χ0v) is 20.0. The molecule has 0 saturated heterocycles. The van der Waals surface area contributed by atoms with Crippen molar-refractivity contribution < 1.29 is 13.0 Å². The Hall–Kier alpha value is -0.336. The first kappa shape index (κ1) is 23.7. The lowest BCUT2D eigenvalue weighted by Gasteiger charge is -2.33. The molecule has 0 amide bonds. The predicted molar refractivity (Wildman–Crippen MR) is 117 cm³/mol. The highest BCUT2D eigenvalue weighted by molar-refractivity contribution is 6.79. The predicted octanol–water partition coefficient (Wildman–Crippen LogP) is 7.30. The average molecular weight is 417 g/mol. The molecule has 1 aromatic carbocycles. The quantitative estimate of drug-likeness (QED) is 0.235. The van der Waals surface area contributed by atoms with Crippen LogP contribution in [0.3, 0.4) is 0 Å². The van der Waals surface area contributed by atoms with Crippen molar-refractivity contribution in [3.05, 3.63) is 29.3 Å². The minimum absolute atomic E-state index is 0.676. The maximum Gasteiger partial charge on any atom is 0.383 e. The fourth-order valence-corrected chi connectivity index (χ4v) is 9.66. The van der Waals surface area contributed by atoms with Crippen LogP contribution in [-0.2, 0) is 8.54 Å². The normalized spacial score (nSPS) is 12.4. The van der Waals surface area contributed by atoms with Crippen molar-refractivity contribution in [2.24, 2.45) is 0 Å². The first-order valence-corrected chi connectivity index (χ1v) is 16.0. The molecule has 0 fully saturated rings. The molecule has 0 radical (unpaired) electrons. The van der Waals surface area contributed by atoms with Crippen LogP contribution in [-0.4, -0.2) is 23.7 Å². The van der Waals surface area contributed by atoms with Crippen LogP contribution < -0.4 is 4.43 Å².